The number of ether oxygens (including phenoxy) is 1. The summed E-state index contributed by atoms with van der Waals surface area (Å²) in [6.07, 6.45) is 0. The van der Waals surface area contributed by atoms with Crippen LogP contribution >= 0.6 is 0 Å². The largest absolute Gasteiger partial charge is 0.490 e. The van der Waals surface area contributed by atoms with E-state index in [1.807, 2.05) is 6.07 Å². The van der Waals surface area contributed by atoms with Gasteiger partial charge in [-0.25, -0.2) is 0 Å². The lowest BCUT2D eigenvalue weighted by molar-refractivity contribution is 0.323. The number of hydrogen-bond donors (Lipinski definition) is 3. The summed E-state index contributed by atoms with van der Waals surface area (Å²) in [5, 5.41) is 10.4. The molecule has 2 aromatic rings. The SMILES string of the molecule is c1ccc2c(c1)NCC(c1ccc3c(c1)OCCN3)N2. The Kier molecular flexibility index (Phi) is 2.66. The first-order valence-corrected chi connectivity index (χ1v) is 7.00. The number of benzene rings is 2. The zero-order valence-corrected chi connectivity index (χ0v) is 11.1. The van der Waals surface area contributed by atoms with Crippen molar-refractivity contribution in [1.82, 2.24) is 0 Å². The van der Waals surface area contributed by atoms with Crippen molar-refractivity contribution < 1.29 is 4.74 Å². The number of nitrogens with one attached hydrogen (secondary N) is 3. The Morgan fingerprint density at radius 3 is 2.80 bits per heavy atom. The van der Waals surface area contributed by atoms with Gasteiger partial charge >= 0.3 is 0 Å². The lowest BCUT2D eigenvalue weighted by Gasteiger charge is -2.29. The minimum absolute atomic E-state index is 0.265. The fourth-order valence-corrected chi connectivity index (χ4v) is 2.78. The molecule has 0 saturated carbocycles. The molecule has 1 unspecified atom stereocenters. The molecule has 4 rings (SSSR count). The molecule has 102 valence electrons. The van der Waals surface area contributed by atoms with E-state index in [4.69, 9.17) is 4.74 Å². The average Bonchev–Trinajstić information content (AvgIpc) is 2.54. The van der Waals surface area contributed by atoms with Crippen molar-refractivity contribution in [3.63, 3.8) is 0 Å². The number of rotatable bonds is 1. The second kappa shape index (κ2) is 4.63. The summed E-state index contributed by atoms with van der Waals surface area (Å²) in [4.78, 5) is 0. The maximum atomic E-state index is 5.71. The molecule has 2 heterocycles. The molecule has 0 spiro atoms. The topological polar surface area (TPSA) is 45.3 Å². The van der Waals surface area contributed by atoms with Gasteiger partial charge in [0, 0.05) is 13.1 Å². The first-order chi connectivity index (χ1) is 9.90. The first-order valence-electron chi connectivity index (χ1n) is 7.00. The predicted molar refractivity (Wildman–Crippen MR) is 81.7 cm³/mol. The van der Waals surface area contributed by atoms with Crippen molar-refractivity contribution in [3.8, 4) is 5.75 Å². The van der Waals surface area contributed by atoms with Crippen LogP contribution < -0.4 is 20.7 Å². The van der Waals surface area contributed by atoms with Gasteiger partial charge in [0.2, 0.25) is 0 Å². The van der Waals surface area contributed by atoms with E-state index in [-0.39, 0.29) is 6.04 Å². The Morgan fingerprint density at radius 2 is 1.85 bits per heavy atom. The molecule has 2 aliphatic heterocycles. The molecule has 0 aliphatic carbocycles. The van der Waals surface area contributed by atoms with Crippen molar-refractivity contribution in [1.29, 1.82) is 0 Å². The Labute approximate surface area is 118 Å². The van der Waals surface area contributed by atoms with Crippen LogP contribution in [-0.4, -0.2) is 19.7 Å². The van der Waals surface area contributed by atoms with Crippen molar-refractivity contribution in [2.75, 3.05) is 35.6 Å². The van der Waals surface area contributed by atoms with Crippen LogP contribution in [0.4, 0.5) is 17.1 Å². The Balaban J connectivity index is 1.63. The lowest BCUT2D eigenvalue weighted by Crippen LogP contribution is -2.26. The highest BCUT2D eigenvalue weighted by Crippen LogP contribution is 2.35. The zero-order chi connectivity index (χ0) is 13.4. The summed E-state index contributed by atoms with van der Waals surface area (Å²) in [5.74, 6) is 0.953. The molecule has 0 fully saturated rings. The summed E-state index contributed by atoms with van der Waals surface area (Å²) in [6, 6.07) is 15.0. The third kappa shape index (κ3) is 1.93. The van der Waals surface area contributed by atoms with E-state index in [0.717, 1.165) is 36.8 Å². The summed E-state index contributed by atoms with van der Waals surface area (Å²) < 4.78 is 5.71. The van der Waals surface area contributed by atoms with Crippen LogP contribution in [0.1, 0.15) is 11.6 Å². The predicted octanol–water partition coefficient (Wildman–Crippen LogP) is 3.07. The summed E-state index contributed by atoms with van der Waals surface area (Å²) in [7, 11) is 0. The molecule has 20 heavy (non-hydrogen) atoms. The minimum atomic E-state index is 0.265. The molecule has 0 bridgehead atoms. The Bertz CT molecular complexity index is 641. The fraction of sp³-hybridized carbons (Fsp3) is 0.250. The molecule has 0 amide bonds. The normalized spacial score (nSPS) is 19.5. The number of hydrogen-bond acceptors (Lipinski definition) is 4. The molecule has 4 heteroatoms. The highest BCUT2D eigenvalue weighted by Gasteiger charge is 2.20. The molecule has 0 radical (unpaired) electrons. The van der Waals surface area contributed by atoms with Crippen molar-refractivity contribution in [2.45, 2.75) is 6.04 Å². The van der Waals surface area contributed by atoms with Crippen LogP contribution in [0.15, 0.2) is 42.5 Å². The molecular formula is C16H17N3O. The van der Waals surface area contributed by atoms with Gasteiger partial charge in [0.25, 0.3) is 0 Å². The molecule has 2 aliphatic rings. The van der Waals surface area contributed by atoms with Gasteiger partial charge in [-0.2, -0.15) is 0 Å². The van der Waals surface area contributed by atoms with E-state index in [0.29, 0.717) is 0 Å². The highest BCUT2D eigenvalue weighted by molar-refractivity contribution is 5.72. The van der Waals surface area contributed by atoms with E-state index in [1.165, 1.54) is 11.3 Å². The van der Waals surface area contributed by atoms with Crippen molar-refractivity contribution in [3.05, 3.63) is 48.0 Å². The first kappa shape index (κ1) is 11.5. The molecule has 0 aromatic heterocycles. The van der Waals surface area contributed by atoms with E-state index in [2.05, 4.69) is 52.3 Å². The van der Waals surface area contributed by atoms with Crippen molar-refractivity contribution >= 4 is 17.1 Å². The highest BCUT2D eigenvalue weighted by atomic mass is 16.5. The second-order valence-electron chi connectivity index (χ2n) is 5.15. The van der Waals surface area contributed by atoms with Gasteiger partial charge < -0.3 is 20.7 Å². The van der Waals surface area contributed by atoms with Crippen LogP contribution in [0.25, 0.3) is 0 Å². The Morgan fingerprint density at radius 1 is 0.950 bits per heavy atom. The van der Waals surface area contributed by atoms with Crippen LogP contribution in [0, 0.1) is 0 Å². The van der Waals surface area contributed by atoms with Crippen LogP contribution in [0.3, 0.4) is 0 Å². The van der Waals surface area contributed by atoms with Gasteiger partial charge in [-0.05, 0) is 29.8 Å². The summed E-state index contributed by atoms with van der Waals surface area (Å²) in [5.41, 5.74) is 4.65. The van der Waals surface area contributed by atoms with Crippen molar-refractivity contribution in [2.24, 2.45) is 0 Å². The fourth-order valence-electron chi connectivity index (χ4n) is 2.78. The van der Waals surface area contributed by atoms with E-state index < -0.39 is 0 Å². The summed E-state index contributed by atoms with van der Waals surface area (Å²) in [6.45, 7) is 2.49. The van der Waals surface area contributed by atoms with E-state index >= 15 is 0 Å². The smallest absolute Gasteiger partial charge is 0.142 e. The second-order valence-corrected chi connectivity index (χ2v) is 5.15. The van der Waals surface area contributed by atoms with Crippen LogP contribution in [-0.2, 0) is 0 Å². The van der Waals surface area contributed by atoms with Gasteiger partial charge in [-0.3, -0.25) is 0 Å². The lowest BCUT2D eigenvalue weighted by atomic mass is 10.0. The van der Waals surface area contributed by atoms with E-state index in [9.17, 15) is 0 Å². The van der Waals surface area contributed by atoms with Crippen LogP contribution in [0.5, 0.6) is 5.75 Å². The van der Waals surface area contributed by atoms with Gasteiger partial charge in [-0.1, -0.05) is 18.2 Å². The number of para-hydroxylation sites is 2. The molecule has 4 nitrogen and oxygen atoms in total. The van der Waals surface area contributed by atoms with E-state index in [1.54, 1.807) is 0 Å². The maximum absolute atomic E-state index is 5.71. The molecular weight excluding hydrogens is 250 g/mol. The summed E-state index contributed by atoms with van der Waals surface area (Å²) >= 11 is 0. The number of fused-ring (bicyclic) bond motifs is 2. The monoisotopic (exact) mass is 267 g/mol. The van der Waals surface area contributed by atoms with Gasteiger partial charge in [0.05, 0.1) is 23.1 Å². The molecule has 1 atom stereocenters. The molecule has 2 aromatic carbocycles. The minimum Gasteiger partial charge on any atom is -0.490 e. The molecule has 0 saturated heterocycles. The van der Waals surface area contributed by atoms with Crippen LogP contribution in [0.2, 0.25) is 0 Å². The Hall–Kier alpha value is -2.36. The quantitative estimate of drug-likeness (QED) is 0.743. The third-order valence-corrected chi connectivity index (χ3v) is 3.84. The molecule has 3 N–H and O–H groups in total. The average molecular weight is 267 g/mol. The number of anilines is 3. The standard InChI is InChI=1S/C16H17N3O/c1-2-4-13-12(3-1)18-10-15(19-13)11-5-6-14-16(9-11)20-8-7-17-14/h1-6,9,15,17-19H,7-8,10H2. The van der Waals surface area contributed by atoms with Gasteiger partial charge in [0.1, 0.15) is 12.4 Å². The third-order valence-electron chi connectivity index (χ3n) is 3.84. The van der Waals surface area contributed by atoms with Gasteiger partial charge in [-0.15, -0.1) is 0 Å². The maximum Gasteiger partial charge on any atom is 0.142 e. The zero-order valence-electron chi connectivity index (χ0n) is 11.1. The van der Waals surface area contributed by atoms with Gasteiger partial charge in [0.15, 0.2) is 0 Å².